The Hall–Kier alpha value is -2.82. The molecule has 0 bridgehead atoms. The van der Waals surface area contributed by atoms with E-state index < -0.39 is 0 Å². The SMILES string of the molecule is CN(C)c1cccc(C(=O)Nc2ccccc2N2CCCC2=O)c1. The lowest BCUT2D eigenvalue weighted by Crippen LogP contribution is -2.25. The van der Waals surface area contributed by atoms with Gasteiger partial charge in [0.05, 0.1) is 11.4 Å². The molecule has 0 radical (unpaired) electrons. The first kappa shape index (κ1) is 16.1. The summed E-state index contributed by atoms with van der Waals surface area (Å²) in [6.45, 7) is 0.696. The number of amides is 2. The molecule has 0 aliphatic carbocycles. The lowest BCUT2D eigenvalue weighted by Gasteiger charge is -2.20. The molecule has 1 N–H and O–H groups in total. The van der Waals surface area contributed by atoms with E-state index in [0.717, 1.165) is 17.8 Å². The summed E-state index contributed by atoms with van der Waals surface area (Å²) in [6.07, 6.45) is 1.42. The Bertz CT molecular complexity index is 771. The zero-order valence-corrected chi connectivity index (χ0v) is 14.0. The normalized spacial score (nSPS) is 13.9. The fraction of sp³-hybridized carbons (Fsp3) is 0.263. The number of anilines is 3. The van der Waals surface area contributed by atoms with Gasteiger partial charge in [0.15, 0.2) is 0 Å². The van der Waals surface area contributed by atoms with Gasteiger partial charge in [-0.05, 0) is 36.8 Å². The van der Waals surface area contributed by atoms with Crippen LogP contribution in [0.5, 0.6) is 0 Å². The number of nitrogens with zero attached hydrogens (tertiary/aromatic N) is 2. The summed E-state index contributed by atoms with van der Waals surface area (Å²) in [5.41, 5.74) is 2.97. The Morgan fingerprint density at radius 1 is 1.12 bits per heavy atom. The molecule has 0 unspecified atom stereocenters. The van der Waals surface area contributed by atoms with E-state index in [1.165, 1.54) is 0 Å². The summed E-state index contributed by atoms with van der Waals surface area (Å²) in [7, 11) is 3.87. The van der Waals surface area contributed by atoms with Crippen molar-refractivity contribution in [1.82, 2.24) is 0 Å². The second-order valence-electron chi connectivity index (χ2n) is 6.06. The van der Waals surface area contributed by atoms with E-state index in [0.29, 0.717) is 24.2 Å². The van der Waals surface area contributed by atoms with Gasteiger partial charge in [-0.1, -0.05) is 18.2 Å². The van der Waals surface area contributed by atoms with Crippen LogP contribution in [0.1, 0.15) is 23.2 Å². The summed E-state index contributed by atoms with van der Waals surface area (Å²) in [5.74, 6) is -0.0795. The van der Waals surface area contributed by atoms with Gasteiger partial charge in [-0.25, -0.2) is 0 Å². The Balaban J connectivity index is 1.85. The molecule has 0 atom stereocenters. The fourth-order valence-corrected chi connectivity index (χ4v) is 2.84. The highest BCUT2D eigenvalue weighted by molar-refractivity contribution is 6.08. The van der Waals surface area contributed by atoms with Crippen LogP contribution in [0.25, 0.3) is 0 Å². The maximum atomic E-state index is 12.6. The largest absolute Gasteiger partial charge is 0.378 e. The molecule has 1 aliphatic heterocycles. The van der Waals surface area contributed by atoms with Crippen molar-refractivity contribution < 1.29 is 9.59 Å². The fourth-order valence-electron chi connectivity index (χ4n) is 2.84. The molecule has 0 spiro atoms. The lowest BCUT2D eigenvalue weighted by molar-refractivity contribution is -0.117. The highest BCUT2D eigenvalue weighted by Crippen LogP contribution is 2.29. The molecular weight excluding hydrogens is 302 g/mol. The molecule has 1 aliphatic rings. The molecule has 5 heteroatoms. The topological polar surface area (TPSA) is 52.7 Å². The highest BCUT2D eigenvalue weighted by atomic mass is 16.2. The molecule has 2 amide bonds. The third-order valence-corrected chi connectivity index (χ3v) is 4.14. The Kier molecular flexibility index (Phi) is 4.51. The highest BCUT2D eigenvalue weighted by Gasteiger charge is 2.24. The Labute approximate surface area is 141 Å². The standard InChI is InChI=1S/C19H21N3O2/c1-21(2)15-8-5-7-14(13-15)19(24)20-16-9-3-4-10-17(16)22-12-6-11-18(22)23/h3-5,7-10,13H,6,11-12H2,1-2H3,(H,20,24). The maximum absolute atomic E-state index is 12.6. The summed E-state index contributed by atoms with van der Waals surface area (Å²) < 4.78 is 0. The van der Waals surface area contributed by atoms with Gasteiger partial charge < -0.3 is 15.1 Å². The molecule has 124 valence electrons. The van der Waals surface area contributed by atoms with Gasteiger partial charge in [0.25, 0.3) is 5.91 Å². The van der Waals surface area contributed by atoms with Crippen molar-refractivity contribution in [3.8, 4) is 0 Å². The molecule has 1 saturated heterocycles. The zero-order valence-electron chi connectivity index (χ0n) is 14.0. The van der Waals surface area contributed by atoms with Gasteiger partial charge in [0.2, 0.25) is 5.91 Å². The summed E-state index contributed by atoms with van der Waals surface area (Å²) >= 11 is 0. The van der Waals surface area contributed by atoms with Crippen molar-refractivity contribution >= 4 is 28.9 Å². The summed E-state index contributed by atoms with van der Waals surface area (Å²) in [4.78, 5) is 28.3. The van der Waals surface area contributed by atoms with Crippen LogP contribution in [-0.4, -0.2) is 32.5 Å². The van der Waals surface area contributed by atoms with Crippen molar-refractivity contribution in [2.45, 2.75) is 12.8 Å². The number of benzene rings is 2. The number of para-hydroxylation sites is 2. The van der Waals surface area contributed by atoms with Gasteiger partial charge in [-0.3, -0.25) is 9.59 Å². The molecule has 1 heterocycles. The Morgan fingerprint density at radius 3 is 2.62 bits per heavy atom. The van der Waals surface area contributed by atoms with E-state index in [1.807, 2.05) is 61.5 Å². The number of hydrogen-bond donors (Lipinski definition) is 1. The minimum atomic E-state index is -0.183. The van der Waals surface area contributed by atoms with Gasteiger partial charge in [0, 0.05) is 38.3 Å². The van der Waals surface area contributed by atoms with Crippen LogP contribution in [0, 0.1) is 0 Å². The van der Waals surface area contributed by atoms with Crippen LogP contribution in [0.2, 0.25) is 0 Å². The van der Waals surface area contributed by atoms with Crippen LogP contribution in [0.3, 0.4) is 0 Å². The lowest BCUT2D eigenvalue weighted by atomic mass is 10.1. The average molecular weight is 323 g/mol. The summed E-state index contributed by atoms with van der Waals surface area (Å²) in [6, 6.07) is 14.9. The second kappa shape index (κ2) is 6.74. The first-order chi connectivity index (χ1) is 11.6. The number of rotatable bonds is 4. The van der Waals surface area contributed by atoms with Crippen LogP contribution < -0.4 is 15.1 Å². The van der Waals surface area contributed by atoms with E-state index >= 15 is 0 Å². The van der Waals surface area contributed by atoms with Crippen molar-refractivity contribution in [2.75, 3.05) is 35.8 Å². The van der Waals surface area contributed by atoms with Gasteiger partial charge in [0.1, 0.15) is 0 Å². The molecule has 1 fully saturated rings. The van der Waals surface area contributed by atoms with Gasteiger partial charge in [-0.2, -0.15) is 0 Å². The minimum Gasteiger partial charge on any atom is -0.378 e. The third-order valence-electron chi connectivity index (χ3n) is 4.14. The van der Waals surface area contributed by atoms with Gasteiger partial charge >= 0.3 is 0 Å². The third kappa shape index (κ3) is 3.25. The van der Waals surface area contributed by atoms with Crippen LogP contribution in [-0.2, 0) is 4.79 Å². The average Bonchev–Trinajstić information content (AvgIpc) is 3.01. The van der Waals surface area contributed by atoms with Crippen LogP contribution >= 0.6 is 0 Å². The quantitative estimate of drug-likeness (QED) is 0.940. The number of nitrogens with one attached hydrogen (secondary N) is 1. The van der Waals surface area contributed by atoms with Crippen LogP contribution in [0.4, 0.5) is 17.1 Å². The molecule has 2 aromatic rings. The number of carbonyl (C=O) groups excluding carboxylic acids is 2. The monoisotopic (exact) mass is 323 g/mol. The van der Waals surface area contributed by atoms with Gasteiger partial charge in [-0.15, -0.1) is 0 Å². The first-order valence-electron chi connectivity index (χ1n) is 8.04. The molecule has 0 aromatic heterocycles. The molecule has 5 nitrogen and oxygen atoms in total. The second-order valence-corrected chi connectivity index (χ2v) is 6.06. The zero-order chi connectivity index (χ0) is 17.1. The van der Waals surface area contributed by atoms with Crippen molar-refractivity contribution in [1.29, 1.82) is 0 Å². The molecule has 0 saturated carbocycles. The molecular formula is C19H21N3O2. The summed E-state index contributed by atoms with van der Waals surface area (Å²) in [5, 5.41) is 2.94. The van der Waals surface area contributed by atoms with E-state index in [1.54, 1.807) is 11.0 Å². The van der Waals surface area contributed by atoms with Crippen molar-refractivity contribution in [3.63, 3.8) is 0 Å². The molecule has 2 aromatic carbocycles. The predicted octanol–water partition coefficient (Wildman–Crippen LogP) is 3.13. The first-order valence-corrected chi connectivity index (χ1v) is 8.04. The maximum Gasteiger partial charge on any atom is 0.255 e. The van der Waals surface area contributed by atoms with E-state index in [-0.39, 0.29) is 11.8 Å². The van der Waals surface area contributed by atoms with Crippen LogP contribution in [0.15, 0.2) is 48.5 Å². The number of carbonyl (C=O) groups is 2. The minimum absolute atomic E-state index is 0.103. The van der Waals surface area contributed by atoms with E-state index in [4.69, 9.17) is 0 Å². The molecule has 24 heavy (non-hydrogen) atoms. The van der Waals surface area contributed by atoms with Crippen molar-refractivity contribution in [3.05, 3.63) is 54.1 Å². The van der Waals surface area contributed by atoms with E-state index in [9.17, 15) is 9.59 Å². The Morgan fingerprint density at radius 2 is 1.92 bits per heavy atom. The molecule has 3 rings (SSSR count). The number of hydrogen-bond acceptors (Lipinski definition) is 3. The predicted molar refractivity (Wildman–Crippen MR) is 96.8 cm³/mol. The van der Waals surface area contributed by atoms with E-state index in [2.05, 4.69) is 5.32 Å². The van der Waals surface area contributed by atoms with Crippen molar-refractivity contribution in [2.24, 2.45) is 0 Å². The smallest absolute Gasteiger partial charge is 0.255 e.